The Labute approximate surface area is 143 Å². The SMILES string of the molecule is Cc1c(-c2ccccc2)nn(C)c1NC(=O)c1ccc(C)n1C(F)F. The second-order valence-corrected chi connectivity index (χ2v) is 5.77. The number of alkyl halides is 2. The molecule has 3 rings (SSSR count). The zero-order chi connectivity index (χ0) is 18.1. The van der Waals surface area contributed by atoms with Gasteiger partial charge in [-0.1, -0.05) is 30.3 Å². The second-order valence-electron chi connectivity index (χ2n) is 5.77. The van der Waals surface area contributed by atoms with Crippen molar-refractivity contribution in [1.29, 1.82) is 0 Å². The van der Waals surface area contributed by atoms with Gasteiger partial charge < -0.3 is 5.32 Å². The van der Waals surface area contributed by atoms with E-state index >= 15 is 0 Å². The Kier molecular flexibility index (Phi) is 4.39. The highest BCUT2D eigenvalue weighted by Gasteiger charge is 2.22. The number of rotatable bonds is 4. The van der Waals surface area contributed by atoms with E-state index < -0.39 is 12.5 Å². The molecular formula is C18H18F2N4O. The van der Waals surface area contributed by atoms with E-state index in [1.807, 2.05) is 37.3 Å². The molecule has 7 heteroatoms. The molecule has 0 radical (unpaired) electrons. The van der Waals surface area contributed by atoms with Gasteiger partial charge in [-0.05, 0) is 26.0 Å². The quantitative estimate of drug-likeness (QED) is 0.773. The molecule has 0 saturated heterocycles. The maximum atomic E-state index is 13.2. The normalized spacial score (nSPS) is 11.1. The number of aromatic nitrogens is 3. The van der Waals surface area contributed by atoms with Crippen molar-refractivity contribution in [2.45, 2.75) is 20.4 Å². The third kappa shape index (κ3) is 3.05. The van der Waals surface area contributed by atoms with E-state index in [0.29, 0.717) is 16.1 Å². The predicted molar refractivity (Wildman–Crippen MR) is 91.8 cm³/mol. The fourth-order valence-corrected chi connectivity index (χ4v) is 2.84. The fourth-order valence-electron chi connectivity index (χ4n) is 2.84. The third-order valence-corrected chi connectivity index (χ3v) is 4.11. The van der Waals surface area contributed by atoms with Crippen LogP contribution in [0.15, 0.2) is 42.5 Å². The number of nitrogens with one attached hydrogen (secondary N) is 1. The fraction of sp³-hybridized carbons (Fsp3) is 0.222. The highest BCUT2D eigenvalue weighted by atomic mass is 19.3. The van der Waals surface area contributed by atoms with E-state index in [-0.39, 0.29) is 5.69 Å². The molecule has 0 unspecified atom stereocenters. The minimum absolute atomic E-state index is 0.0886. The summed E-state index contributed by atoms with van der Waals surface area (Å²) in [6, 6.07) is 12.4. The van der Waals surface area contributed by atoms with Gasteiger partial charge >= 0.3 is 6.55 Å². The molecule has 0 bridgehead atoms. The van der Waals surface area contributed by atoms with Gasteiger partial charge in [0.15, 0.2) is 0 Å². The summed E-state index contributed by atoms with van der Waals surface area (Å²) in [7, 11) is 1.70. The first-order chi connectivity index (χ1) is 11.9. The van der Waals surface area contributed by atoms with Gasteiger partial charge in [0.25, 0.3) is 5.91 Å². The van der Waals surface area contributed by atoms with E-state index in [0.717, 1.165) is 16.8 Å². The van der Waals surface area contributed by atoms with Crippen LogP contribution in [0.1, 0.15) is 28.3 Å². The van der Waals surface area contributed by atoms with Crippen LogP contribution >= 0.6 is 0 Å². The molecule has 1 N–H and O–H groups in total. The zero-order valence-electron chi connectivity index (χ0n) is 14.1. The number of amides is 1. The minimum Gasteiger partial charge on any atom is -0.305 e. The van der Waals surface area contributed by atoms with Crippen molar-refractivity contribution in [2.24, 2.45) is 7.05 Å². The van der Waals surface area contributed by atoms with Gasteiger partial charge in [-0.2, -0.15) is 13.9 Å². The highest BCUT2D eigenvalue weighted by molar-refractivity contribution is 6.03. The van der Waals surface area contributed by atoms with Crippen molar-refractivity contribution in [2.75, 3.05) is 5.32 Å². The lowest BCUT2D eigenvalue weighted by Gasteiger charge is -2.11. The number of anilines is 1. The number of benzene rings is 1. The number of nitrogens with zero attached hydrogens (tertiary/aromatic N) is 3. The van der Waals surface area contributed by atoms with E-state index in [1.54, 1.807) is 7.05 Å². The molecule has 0 fully saturated rings. The average Bonchev–Trinajstić information content (AvgIpc) is 3.10. The molecule has 1 aromatic carbocycles. The van der Waals surface area contributed by atoms with E-state index in [9.17, 15) is 13.6 Å². The summed E-state index contributed by atoms with van der Waals surface area (Å²) in [5, 5.41) is 7.14. The lowest BCUT2D eigenvalue weighted by molar-refractivity contribution is 0.0632. The molecule has 25 heavy (non-hydrogen) atoms. The zero-order valence-corrected chi connectivity index (χ0v) is 14.1. The largest absolute Gasteiger partial charge is 0.319 e. The summed E-state index contributed by atoms with van der Waals surface area (Å²) < 4.78 is 28.6. The smallest absolute Gasteiger partial charge is 0.305 e. The van der Waals surface area contributed by atoms with Crippen molar-refractivity contribution in [3.63, 3.8) is 0 Å². The first-order valence-corrected chi connectivity index (χ1v) is 7.76. The average molecular weight is 344 g/mol. The maximum Gasteiger partial charge on any atom is 0.319 e. The van der Waals surface area contributed by atoms with E-state index in [1.165, 1.54) is 23.7 Å². The van der Waals surface area contributed by atoms with Gasteiger partial charge in [-0.25, -0.2) is 0 Å². The monoisotopic (exact) mass is 344 g/mol. The standard InChI is InChI=1S/C18H18F2N4O/c1-11-9-10-14(24(11)18(19)20)17(25)21-16-12(2)15(22-23(16)3)13-7-5-4-6-8-13/h4-10,18H,1-3H3,(H,21,25). The molecule has 1 amide bonds. The topological polar surface area (TPSA) is 51.9 Å². The Morgan fingerprint density at radius 2 is 1.80 bits per heavy atom. The molecule has 0 aliphatic rings. The lowest BCUT2D eigenvalue weighted by atomic mass is 10.1. The lowest BCUT2D eigenvalue weighted by Crippen LogP contribution is -2.20. The molecule has 2 heterocycles. The van der Waals surface area contributed by atoms with Crippen LogP contribution in [-0.4, -0.2) is 20.3 Å². The summed E-state index contributed by atoms with van der Waals surface area (Å²) in [5.74, 6) is -0.123. The molecule has 0 spiro atoms. The van der Waals surface area contributed by atoms with Crippen molar-refractivity contribution >= 4 is 11.7 Å². The van der Waals surface area contributed by atoms with Crippen LogP contribution in [0.5, 0.6) is 0 Å². The van der Waals surface area contributed by atoms with Crippen LogP contribution in [0, 0.1) is 13.8 Å². The van der Waals surface area contributed by atoms with Crippen LogP contribution in [0.25, 0.3) is 11.3 Å². The molecule has 3 aromatic rings. The number of aryl methyl sites for hydroxylation is 2. The van der Waals surface area contributed by atoms with Crippen molar-refractivity contribution in [1.82, 2.24) is 14.3 Å². The summed E-state index contributed by atoms with van der Waals surface area (Å²) >= 11 is 0. The third-order valence-electron chi connectivity index (χ3n) is 4.11. The molecular weight excluding hydrogens is 326 g/mol. The first kappa shape index (κ1) is 16.9. The van der Waals surface area contributed by atoms with Gasteiger partial charge in [0.1, 0.15) is 11.5 Å². The van der Waals surface area contributed by atoms with Crippen LogP contribution in [0.3, 0.4) is 0 Å². The van der Waals surface area contributed by atoms with Gasteiger partial charge in [0.2, 0.25) is 0 Å². The highest BCUT2D eigenvalue weighted by Crippen LogP contribution is 2.28. The van der Waals surface area contributed by atoms with Gasteiger partial charge in [-0.15, -0.1) is 0 Å². The Hall–Kier alpha value is -2.96. The van der Waals surface area contributed by atoms with Crippen LogP contribution in [0.2, 0.25) is 0 Å². The molecule has 5 nitrogen and oxygen atoms in total. The molecule has 130 valence electrons. The van der Waals surface area contributed by atoms with Crippen LogP contribution in [-0.2, 0) is 7.05 Å². The molecule has 0 saturated carbocycles. The Bertz CT molecular complexity index is 913. The van der Waals surface area contributed by atoms with Crippen LogP contribution in [0.4, 0.5) is 14.6 Å². The predicted octanol–water partition coefficient (Wildman–Crippen LogP) is 4.15. The first-order valence-electron chi connectivity index (χ1n) is 7.76. The number of halogens is 2. The Morgan fingerprint density at radius 1 is 1.12 bits per heavy atom. The number of carbonyl (C=O) groups excluding carboxylic acids is 1. The second kappa shape index (κ2) is 6.51. The number of hydrogen-bond donors (Lipinski definition) is 1. The summed E-state index contributed by atoms with van der Waals surface area (Å²) in [5.41, 5.74) is 2.66. The van der Waals surface area contributed by atoms with Gasteiger partial charge in [0.05, 0.1) is 5.69 Å². The van der Waals surface area contributed by atoms with Crippen molar-refractivity contribution < 1.29 is 13.6 Å². The van der Waals surface area contributed by atoms with Crippen molar-refractivity contribution in [3.05, 3.63) is 59.4 Å². The molecule has 2 aromatic heterocycles. The summed E-state index contributed by atoms with van der Waals surface area (Å²) in [6.45, 7) is 0.594. The summed E-state index contributed by atoms with van der Waals surface area (Å²) in [6.07, 6.45) is 0. The van der Waals surface area contributed by atoms with E-state index in [2.05, 4.69) is 10.4 Å². The molecule has 0 atom stereocenters. The van der Waals surface area contributed by atoms with Crippen molar-refractivity contribution in [3.8, 4) is 11.3 Å². The van der Waals surface area contributed by atoms with Crippen LogP contribution < -0.4 is 5.32 Å². The van der Waals surface area contributed by atoms with E-state index in [4.69, 9.17) is 0 Å². The molecule has 0 aliphatic heterocycles. The van der Waals surface area contributed by atoms with Gasteiger partial charge in [-0.3, -0.25) is 14.0 Å². The Morgan fingerprint density at radius 3 is 2.44 bits per heavy atom. The Balaban J connectivity index is 1.94. The molecule has 0 aliphatic carbocycles. The summed E-state index contributed by atoms with van der Waals surface area (Å²) in [4.78, 5) is 12.5. The maximum absolute atomic E-state index is 13.2. The minimum atomic E-state index is -2.77. The number of hydrogen-bond acceptors (Lipinski definition) is 2. The number of carbonyl (C=O) groups is 1. The van der Waals surface area contributed by atoms with Gasteiger partial charge in [0, 0.05) is 23.9 Å².